The fourth-order valence-corrected chi connectivity index (χ4v) is 3.58. The summed E-state index contributed by atoms with van der Waals surface area (Å²) in [7, 11) is -4.04. The largest absolute Gasteiger partial charge is 0.490 e. The van der Waals surface area contributed by atoms with Crippen LogP contribution >= 0.6 is 27.5 Å². The summed E-state index contributed by atoms with van der Waals surface area (Å²) < 4.78 is 35.8. The van der Waals surface area contributed by atoms with E-state index < -0.39 is 10.1 Å². The Morgan fingerprint density at radius 2 is 1.87 bits per heavy atom. The van der Waals surface area contributed by atoms with Crippen molar-refractivity contribution in [3.05, 3.63) is 51.5 Å². The third kappa shape index (κ3) is 4.38. The van der Waals surface area contributed by atoms with E-state index in [0.29, 0.717) is 21.7 Å². The fraction of sp³-hybridized carbons (Fsp3) is 0.200. The summed E-state index contributed by atoms with van der Waals surface area (Å²) in [4.78, 5) is -0.0255. The Labute approximate surface area is 148 Å². The Kier molecular flexibility index (Phi) is 5.91. The first-order chi connectivity index (χ1) is 10.9. The molecule has 1 N–H and O–H groups in total. The zero-order valence-electron chi connectivity index (χ0n) is 12.1. The molecule has 0 amide bonds. The molecule has 2 rings (SSSR count). The van der Waals surface area contributed by atoms with Gasteiger partial charge in [-0.1, -0.05) is 11.6 Å². The Balaban J connectivity index is 2.43. The number of halogens is 2. The molecule has 5 nitrogen and oxygen atoms in total. The first-order valence-corrected chi connectivity index (χ1v) is 9.21. The third-order valence-corrected chi connectivity index (χ3v) is 4.92. The maximum atomic E-state index is 12.4. The lowest BCUT2D eigenvalue weighted by atomic mass is 10.2. The van der Waals surface area contributed by atoms with E-state index in [1.165, 1.54) is 30.3 Å². The van der Waals surface area contributed by atoms with E-state index in [9.17, 15) is 13.5 Å². The van der Waals surface area contributed by atoms with Crippen LogP contribution in [0.5, 0.6) is 11.5 Å². The van der Waals surface area contributed by atoms with Crippen molar-refractivity contribution in [2.45, 2.75) is 18.4 Å². The zero-order valence-corrected chi connectivity index (χ0v) is 15.3. The molecule has 0 heterocycles. The maximum Gasteiger partial charge on any atom is 0.339 e. The first-order valence-electron chi connectivity index (χ1n) is 6.63. The summed E-state index contributed by atoms with van der Waals surface area (Å²) in [6.45, 7) is 1.87. The molecule has 0 aromatic heterocycles. The highest BCUT2D eigenvalue weighted by Gasteiger charge is 2.22. The van der Waals surface area contributed by atoms with Gasteiger partial charge in [0.05, 0.1) is 17.7 Å². The number of hydrogen-bond acceptors (Lipinski definition) is 5. The van der Waals surface area contributed by atoms with Crippen LogP contribution in [0.2, 0.25) is 5.02 Å². The van der Waals surface area contributed by atoms with Crippen LogP contribution < -0.4 is 8.92 Å². The van der Waals surface area contributed by atoms with Crippen LogP contribution in [0.15, 0.2) is 45.8 Å². The standard InChI is InChI=1S/C15H14BrClO5S/c1-2-21-14-8-10(9-18)7-13(16)15(14)22-23(19,20)12-5-3-11(17)4-6-12/h3-8,18H,2,9H2,1H3. The van der Waals surface area contributed by atoms with E-state index in [2.05, 4.69) is 15.9 Å². The van der Waals surface area contributed by atoms with Gasteiger partial charge in [-0.25, -0.2) is 0 Å². The lowest BCUT2D eigenvalue weighted by Gasteiger charge is -2.14. The SMILES string of the molecule is CCOc1cc(CO)cc(Br)c1OS(=O)(=O)c1ccc(Cl)cc1. The average Bonchev–Trinajstić information content (AvgIpc) is 2.51. The van der Waals surface area contributed by atoms with Crippen LogP contribution in [0.3, 0.4) is 0 Å². The van der Waals surface area contributed by atoms with Gasteiger partial charge in [0.15, 0.2) is 11.5 Å². The predicted molar refractivity (Wildman–Crippen MR) is 90.5 cm³/mol. The van der Waals surface area contributed by atoms with Crippen LogP contribution in [0.1, 0.15) is 12.5 Å². The molecule has 0 aliphatic heterocycles. The fourth-order valence-electron chi connectivity index (χ4n) is 1.82. The van der Waals surface area contributed by atoms with Crippen molar-refractivity contribution in [3.63, 3.8) is 0 Å². The Morgan fingerprint density at radius 1 is 1.22 bits per heavy atom. The molecule has 0 bridgehead atoms. The minimum absolute atomic E-state index is 0.0255. The molecule has 0 fully saturated rings. The van der Waals surface area contributed by atoms with Crippen molar-refractivity contribution in [1.29, 1.82) is 0 Å². The molecular formula is C15H14BrClO5S. The van der Waals surface area contributed by atoms with Gasteiger partial charge in [0.25, 0.3) is 0 Å². The van der Waals surface area contributed by atoms with Gasteiger partial charge in [-0.2, -0.15) is 8.42 Å². The van der Waals surface area contributed by atoms with Crippen LogP contribution in [-0.4, -0.2) is 20.1 Å². The van der Waals surface area contributed by atoms with Crippen molar-refractivity contribution < 1.29 is 22.4 Å². The minimum atomic E-state index is -4.04. The van der Waals surface area contributed by atoms with Crippen molar-refractivity contribution in [3.8, 4) is 11.5 Å². The minimum Gasteiger partial charge on any atom is -0.490 e. The second-order valence-corrected chi connectivity index (χ2v) is 7.32. The van der Waals surface area contributed by atoms with Gasteiger partial charge >= 0.3 is 10.1 Å². The molecular weight excluding hydrogens is 408 g/mol. The topological polar surface area (TPSA) is 72.8 Å². The summed E-state index contributed by atoms with van der Waals surface area (Å²) in [5.74, 6) is 0.252. The van der Waals surface area contributed by atoms with E-state index in [1.807, 2.05) is 0 Å². The van der Waals surface area contributed by atoms with Gasteiger partial charge in [0, 0.05) is 5.02 Å². The smallest absolute Gasteiger partial charge is 0.339 e. The molecule has 0 aliphatic rings. The highest BCUT2D eigenvalue weighted by Crippen LogP contribution is 2.38. The molecule has 0 saturated heterocycles. The highest BCUT2D eigenvalue weighted by molar-refractivity contribution is 9.10. The summed E-state index contributed by atoms with van der Waals surface area (Å²) in [5, 5.41) is 9.66. The maximum absolute atomic E-state index is 12.4. The van der Waals surface area contributed by atoms with Crippen molar-refractivity contribution >= 4 is 37.6 Å². The Hall–Kier alpha value is -1.28. The van der Waals surface area contributed by atoms with Crippen molar-refractivity contribution in [2.75, 3.05) is 6.61 Å². The average molecular weight is 422 g/mol. The summed E-state index contributed by atoms with van der Waals surface area (Å²) >= 11 is 9.00. The first kappa shape index (κ1) is 18.1. The third-order valence-electron chi connectivity index (χ3n) is 2.85. The lowest BCUT2D eigenvalue weighted by molar-refractivity contribution is 0.279. The normalized spacial score (nSPS) is 11.3. The van der Waals surface area contributed by atoms with Crippen molar-refractivity contribution in [1.82, 2.24) is 0 Å². The Morgan fingerprint density at radius 3 is 2.43 bits per heavy atom. The quantitative estimate of drug-likeness (QED) is 0.719. The number of aliphatic hydroxyl groups excluding tert-OH is 1. The van der Waals surface area contributed by atoms with E-state index in [4.69, 9.17) is 20.5 Å². The van der Waals surface area contributed by atoms with Gasteiger partial charge in [-0.3, -0.25) is 0 Å². The van der Waals surface area contributed by atoms with Crippen LogP contribution in [0.4, 0.5) is 0 Å². The van der Waals surface area contributed by atoms with Crippen LogP contribution in [0.25, 0.3) is 0 Å². The van der Waals surface area contributed by atoms with Gasteiger partial charge in [0.2, 0.25) is 0 Å². The molecule has 23 heavy (non-hydrogen) atoms. The van der Waals surface area contributed by atoms with E-state index >= 15 is 0 Å². The molecule has 0 radical (unpaired) electrons. The summed E-state index contributed by atoms with van der Waals surface area (Å²) in [6, 6.07) is 8.73. The van der Waals surface area contributed by atoms with Crippen LogP contribution in [-0.2, 0) is 16.7 Å². The van der Waals surface area contributed by atoms with Gasteiger partial charge in [0.1, 0.15) is 4.90 Å². The number of aliphatic hydroxyl groups is 1. The number of ether oxygens (including phenoxy) is 1. The van der Waals surface area contributed by atoms with Gasteiger partial charge in [-0.15, -0.1) is 0 Å². The molecule has 124 valence electrons. The molecule has 0 spiro atoms. The van der Waals surface area contributed by atoms with E-state index in [-0.39, 0.29) is 23.0 Å². The Bertz CT molecular complexity index is 790. The number of rotatable bonds is 6. The molecule has 0 aliphatic carbocycles. The second-order valence-electron chi connectivity index (χ2n) is 4.49. The number of benzene rings is 2. The van der Waals surface area contributed by atoms with Gasteiger partial charge < -0.3 is 14.0 Å². The summed E-state index contributed by atoms with van der Waals surface area (Å²) in [6.07, 6.45) is 0. The molecule has 0 saturated carbocycles. The van der Waals surface area contributed by atoms with Crippen molar-refractivity contribution in [2.24, 2.45) is 0 Å². The summed E-state index contributed by atoms with van der Waals surface area (Å²) in [5.41, 5.74) is 0.566. The second kappa shape index (κ2) is 7.53. The van der Waals surface area contributed by atoms with E-state index in [1.54, 1.807) is 13.0 Å². The molecule has 2 aromatic carbocycles. The molecule has 0 atom stereocenters. The lowest BCUT2D eigenvalue weighted by Crippen LogP contribution is -2.11. The predicted octanol–water partition coefficient (Wildman–Crippen LogP) is 3.76. The highest BCUT2D eigenvalue weighted by atomic mass is 79.9. The molecule has 8 heteroatoms. The molecule has 0 unspecified atom stereocenters. The van der Waals surface area contributed by atoms with Gasteiger partial charge in [-0.05, 0) is 64.8 Å². The van der Waals surface area contributed by atoms with Crippen LogP contribution in [0, 0.1) is 0 Å². The number of hydrogen-bond donors (Lipinski definition) is 1. The molecule has 2 aromatic rings. The monoisotopic (exact) mass is 420 g/mol. The zero-order chi connectivity index (χ0) is 17.0. The van der Waals surface area contributed by atoms with E-state index in [0.717, 1.165) is 0 Å².